The van der Waals surface area contributed by atoms with Gasteiger partial charge in [-0.1, -0.05) is 49.2 Å². The van der Waals surface area contributed by atoms with Crippen molar-refractivity contribution in [2.45, 2.75) is 32.6 Å². The highest BCUT2D eigenvalue weighted by molar-refractivity contribution is 6.35. The van der Waals surface area contributed by atoms with Crippen molar-refractivity contribution >= 4 is 40.4 Å². The number of ketones is 1. The van der Waals surface area contributed by atoms with Crippen LogP contribution in [0.2, 0.25) is 10.0 Å². The lowest BCUT2D eigenvalue weighted by Crippen LogP contribution is -2.42. The number of carbonyl (C=O) groups excluding carboxylic acids is 1. The molecule has 0 fully saturated rings. The van der Waals surface area contributed by atoms with E-state index in [1.54, 1.807) is 35.2 Å². The zero-order chi connectivity index (χ0) is 24.1. The van der Waals surface area contributed by atoms with Crippen LogP contribution in [-0.4, -0.2) is 10.7 Å². The fraction of sp³-hybridized carbons (Fsp3) is 0.250. The van der Waals surface area contributed by atoms with Crippen molar-refractivity contribution in [3.05, 3.63) is 90.9 Å². The number of hydrogen-bond donors (Lipinski definition) is 1. The van der Waals surface area contributed by atoms with Crippen LogP contribution in [0.5, 0.6) is 0 Å². The lowest BCUT2D eigenvalue weighted by atomic mass is 9.68. The van der Waals surface area contributed by atoms with Crippen LogP contribution in [-0.2, 0) is 4.79 Å². The SMILES string of the molecule is CC1(C)CC(=O)C2=C(C1)N(c1cccc([N+](=O)[O-])c1)C(N)=C(C#N)C2c1ccc(Cl)cc1Cl. The third kappa shape index (κ3) is 3.97. The lowest BCUT2D eigenvalue weighted by Gasteiger charge is -2.43. The molecule has 0 amide bonds. The van der Waals surface area contributed by atoms with E-state index >= 15 is 0 Å². The van der Waals surface area contributed by atoms with Crippen LogP contribution in [0.4, 0.5) is 11.4 Å². The molecule has 2 N–H and O–H groups in total. The van der Waals surface area contributed by atoms with Gasteiger partial charge in [-0.05, 0) is 35.6 Å². The number of nitro groups is 1. The third-order valence-electron chi connectivity index (χ3n) is 5.95. The van der Waals surface area contributed by atoms with Gasteiger partial charge in [-0.15, -0.1) is 0 Å². The topological polar surface area (TPSA) is 113 Å². The molecule has 1 atom stereocenters. The Bertz CT molecular complexity index is 1310. The largest absolute Gasteiger partial charge is 0.384 e. The Morgan fingerprint density at radius 1 is 1.21 bits per heavy atom. The fourth-order valence-electron chi connectivity index (χ4n) is 4.60. The monoisotopic (exact) mass is 482 g/mol. The number of hydrogen-bond acceptors (Lipinski definition) is 6. The summed E-state index contributed by atoms with van der Waals surface area (Å²) in [6, 6.07) is 13.0. The minimum Gasteiger partial charge on any atom is -0.384 e. The first-order valence-corrected chi connectivity index (χ1v) is 10.9. The highest BCUT2D eigenvalue weighted by Gasteiger charge is 2.45. The molecule has 0 saturated carbocycles. The number of halogens is 2. The molecular formula is C24H20Cl2N4O3. The van der Waals surface area contributed by atoms with E-state index in [1.165, 1.54) is 12.1 Å². The summed E-state index contributed by atoms with van der Waals surface area (Å²) in [5.41, 5.74) is 8.21. The number of nitrogens with zero attached hydrogens (tertiary/aromatic N) is 3. The molecule has 4 rings (SSSR count). The van der Waals surface area contributed by atoms with Crippen LogP contribution >= 0.6 is 23.2 Å². The second kappa shape index (κ2) is 8.22. The van der Waals surface area contributed by atoms with Crippen molar-refractivity contribution in [2.75, 3.05) is 4.90 Å². The summed E-state index contributed by atoms with van der Waals surface area (Å²) in [5, 5.41) is 22.2. The van der Waals surface area contributed by atoms with Crippen LogP contribution in [0.3, 0.4) is 0 Å². The van der Waals surface area contributed by atoms with Gasteiger partial charge in [-0.25, -0.2) is 0 Å². The molecule has 2 aromatic rings. The number of Topliss-reactive ketones (excluding diaryl/α,β-unsaturated/α-hetero) is 1. The van der Waals surface area contributed by atoms with Gasteiger partial charge in [0.25, 0.3) is 5.69 Å². The molecular weight excluding hydrogens is 463 g/mol. The summed E-state index contributed by atoms with van der Waals surface area (Å²) in [6.07, 6.45) is 0.771. The summed E-state index contributed by atoms with van der Waals surface area (Å²) in [7, 11) is 0. The smallest absolute Gasteiger partial charge is 0.271 e. The average Bonchev–Trinajstić information content (AvgIpc) is 2.72. The van der Waals surface area contributed by atoms with Crippen LogP contribution in [0, 0.1) is 26.9 Å². The van der Waals surface area contributed by atoms with E-state index in [2.05, 4.69) is 6.07 Å². The first-order chi connectivity index (χ1) is 15.5. The molecule has 1 aliphatic heterocycles. The Hall–Kier alpha value is -3.34. The molecule has 33 heavy (non-hydrogen) atoms. The van der Waals surface area contributed by atoms with Gasteiger partial charge in [-0.2, -0.15) is 5.26 Å². The van der Waals surface area contributed by atoms with Crippen molar-refractivity contribution in [2.24, 2.45) is 11.1 Å². The van der Waals surface area contributed by atoms with Crippen LogP contribution in [0.15, 0.2) is 65.1 Å². The highest BCUT2D eigenvalue weighted by Crippen LogP contribution is 2.51. The molecule has 0 radical (unpaired) electrons. The summed E-state index contributed by atoms with van der Waals surface area (Å²) < 4.78 is 0. The number of allylic oxidation sites excluding steroid dienone is 3. The Balaban J connectivity index is 2.02. The molecule has 0 bridgehead atoms. The summed E-state index contributed by atoms with van der Waals surface area (Å²) in [4.78, 5) is 26.0. The van der Waals surface area contributed by atoms with Crippen molar-refractivity contribution in [1.82, 2.24) is 0 Å². The number of nitro benzene ring substituents is 1. The minimum absolute atomic E-state index is 0.110. The molecule has 0 saturated heterocycles. The van der Waals surface area contributed by atoms with Crippen molar-refractivity contribution in [1.29, 1.82) is 5.26 Å². The Kier molecular flexibility index (Phi) is 5.69. The number of rotatable bonds is 3. The lowest BCUT2D eigenvalue weighted by molar-refractivity contribution is -0.384. The zero-order valence-electron chi connectivity index (χ0n) is 17.9. The summed E-state index contributed by atoms with van der Waals surface area (Å²) in [6.45, 7) is 3.95. The first kappa shape index (κ1) is 22.8. The normalized spacial score (nSPS) is 19.9. The number of non-ortho nitro benzene ring substituents is 1. The molecule has 0 spiro atoms. The molecule has 1 unspecified atom stereocenters. The molecule has 1 aliphatic carbocycles. The van der Waals surface area contributed by atoms with Crippen molar-refractivity contribution < 1.29 is 9.72 Å². The van der Waals surface area contributed by atoms with E-state index in [4.69, 9.17) is 28.9 Å². The molecule has 1 heterocycles. The molecule has 168 valence electrons. The van der Waals surface area contributed by atoms with Gasteiger partial charge in [0.15, 0.2) is 5.78 Å². The quantitative estimate of drug-likeness (QED) is 0.433. The van der Waals surface area contributed by atoms with Crippen LogP contribution < -0.4 is 10.6 Å². The highest BCUT2D eigenvalue weighted by atomic mass is 35.5. The van der Waals surface area contributed by atoms with E-state index in [0.29, 0.717) is 39.0 Å². The van der Waals surface area contributed by atoms with E-state index in [-0.39, 0.29) is 34.7 Å². The Labute approximate surface area is 200 Å². The van der Waals surface area contributed by atoms with Crippen molar-refractivity contribution in [3.8, 4) is 6.07 Å². The van der Waals surface area contributed by atoms with Gasteiger partial charge in [0, 0.05) is 39.9 Å². The Morgan fingerprint density at radius 2 is 1.94 bits per heavy atom. The zero-order valence-corrected chi connectivity index (χ0v) is 19.4. The predicted molar refractivity (Wildman–Crippen MR) is 127 cm³/mol. The maximum absolute atomic E-state index is 13.5. The van der Waals surface area contributed by atoms with Crippen LogP contribution in [0.1, 0.15) is 38.2 Å². The van der Waals surface area contributed by atoms with E-state index in [0.717, 1.165) is 0 Å². The van der Waals surface area contributed by atoms with Gasteiger partial charge in [0.1, 0.15) is 5.82 Å². The van der Waals surface area contributed by atoms with Gasteiger partial charge in [0.2, 0.25) is 0 Å². The number of nitriles is 1. The second-order valence-corrected chi connectivity index (χ2v) is 9.77. The number of nitrogens with two attached hydrogens (primary N) is 1. The number of carbonyl (C=O) groups is 1. The second-order valence-electron chi connectivity index (χ2n) is 8.92. The maximum atomic E-state index is 13.5. The van der Waals surface area contributed by atoms with Gasteiger partial charge in [-0.3, -0.25) is 19.8 Å². The van der Waals surface area contributed by atoms with Gasteiger partial charge >= 0.3 is 0 Å². The molecule has 7 nitrogen and oxygen atoms in total. The van der Waals surface area contributed by atoms with Crippen LogP contribution in [0.25, 0.3) is 0 Å². The molecule has 0 aromatic heterocycles. The first-order valence-electron chi connectivity index (χ1n) is 10.2. The fourth-order valence-corrected chi connectivity index (χ4v) is 5.11. The Morgan fingerprint density at radius 3 is 2.58 bits per heavy atom. The summed E-state index contributed by atoms with van der Waals surface area (Å²) >= 11 is 12.6. The summed E-state index contributed by atoms with van der Waals surface area (Å²) in [5.74, 6) is -0.764. The molecule has 2 aromatic carbocycles. The van der Waals surface area contributed by atoms with Gasteiger partial charge in [0.05, 0.1) is 28.2 Å². The maximum Gasteiger partial charge on any atom is 0.271 e. The van der Waals surface area contributed by atoms with E-state index in [9.17, 15) is 20.2 Å². The number of anilines is 1. The van der Waals surface area contributed by atoms with E-state index in [1.807, 2.05) is 13.8 Å². The average molecular weight is 483 g/mol. The third-order valence-corrected chi connectivity index (χ3v) is 6.52. The predicted octanol–water partition coefficient (Wildman–Crippen LogP) is 5.84. The minimum atomic E-state index is -0.756. The van der Waals surface area contributed by atoms with Gasteiger partial charge < -0.3 is 5.73 Å². The standard InChI is InChI=1S/C24H20Cl2N4O3/c1-24(2)10-19-22(20(31)11-24)21(16-7-6-13(25)8-18(16)26)17(12-27)23(28)29(19)14-4-3-5-15(9-14)30(32)33/h3-9,21H,10-11,28H2,1-2H3. The van der Waals surface area contributed by atoms with Crippen molar-refractivity contribution in [3.63, 3.8) is 0 Å². The molecule has 9 heteroatoms. The number of benzene rings is 2. The molecule has 2 aliphatic rings. The van der Waals surface area contributed by atoms with E-state index < -0.39 is 10.8 Å².